The van der Waals surface area contributed by atoms with Crippen molar-refractivity contribution in [2.75, 3.05) is 17.2 Å². The fourth-order valence-electron chi connectivity index (χ4n) is 2.69. The first-order valence-electron chi connectivity index (χ1n) is 8.42. The molecule has 4 N–H and O–H groups in total. The number of carbonyl (C=O) groups is 2. The summed E-state index contributed by atoms with van der Waals surface area (Å²) < 4.78 is 5.08. The Labute approximate surface area is 147 Å². The van der Waals surface area contributed by atoms with Gasteiger partial charge in [0.1, 0.15) is 0 Å². The van der Waals surface area contributed by atoms with Crippen molar-refractivity contribution in [3.8, 4) is 0 Å². The Kier molecular flexibility index (Phi) is 5.98. The van der Waals surface area contributed by atoms with Gasteiger partial charge < -0.3 is 20.8 Å². The third-order valence-corrected chi connectivity index (χ3v) is 4.70. The van der Waals surface area contributed by atoms with Gasteiger partial charge in [0.15, 0.2) is 5.76 Å². The van der Waals surface area contributed by atoms with Gasteiger partial charge in [-0.25, -0.2) is 0 Å². The summed E-state index contributed by atoms with van der Waals surface area (Å²) >= 11 is 0. The molecule has 25 heavy (non-hydrogen) atoms. The lowest BCUT2D eigenvalue weighted by Crippen LogP contribution is -2.41. The molecule has 0 bridgehead atoms. The summed E-state index contributed by atoms with van der Waals surface area (Å²) in [6.07, 6.45) is 2.82. The number of nitrogens with two attached hydrogens (primary N) is 1. The molecule has 0 aliphatic heterocycles. The first-order chi connectivity index (χ1) is 12.0. The summed E-state index contributed by atoms with van der Waals surface area (Å²) in [5.41, 5.74) is 7.44. The molecule has 0 radical (unpaired) electrons. The lowest BCUT2D eigenvalue weighted by atomic mass is 9.81. The Bertz CT molecular complexity index is 726. The van der Waals surface area contributed by atoms with Crippen molar-refractivity contribution in [3.05, 3.63) is 47.9 Å². The summed E-state index contributed by atoms with van der Waals surface area (Å²) in [6.45, 7) is 6.11. The second-order valence-electron chi connectivity index (χ2n) is 6.11. The van der Waals surface area contributed by atoms with Crippen LogP contribution in [0.15, 0.2) is 41.0 Å². The van der Waals surface area contributed by atoms with E-state index in [-0.39, 0.29) is 17.6 Å². The van der Waals surface area contributed by atoms with E-state index in [0.29, 0.717) is 30.8 Å². The zero-order valence-electron chi connectivity index (χ0n) is 14.9. The SMILES string of the molecule is CCC(CC)(CN)C(=O)Nc1ccc(NC(=O)c2ccco2)c(C)c1. The van der Waals surface area contributed by atoms with E-state index in [9.17, 15) is 9.59 Å². The summed E-state index contributed by atoms with van der Waals surface area (Å²) in [7, 11) is 0. The van der Waals surface area contributed by atoms with Gasteiger partial charge in [-0.05, 0) is 55.7 Å². The molecule has 0 saturated heterocycles. The number of rotatable bonds is 7. The number of aryl methyl sites for hydroxylation is 1. The molecular formula is C19H25N3O3. The third-order valence-electron chi connectivity index (χ3n) is 4.70. The van der Waals surface area contributed by atoms with Gasteiger partial charge in [-0.15, -0.1) is 0 Å². The molecule has 0 spiro atoms. The van der Waals surface area contributed by atoms with Gasteiger partial charge in [0, 0.05) is 17.9 Å². The van der Waals surface area contributed by atoms with E-state index in [1.807, 2.05) is 26.8 Å². The van der Waals surface area contributed by atoms with Crippen LogP contribution in [0.2, 0.25) is 0 Å². The zero-order valence-corrected chi connectivity index (χ0v) is 14.9. The van der Waals surface area contributed by atoms with Crippen molar-refractivity contribution in [2.24, 2.45) is 11.1 Å². The van der Waals surface area contributed by atoms with Gasteiger partial charge in [0.2, 0.25) is 5.91 Å². The molecule has 2 aromatic rings. The predicted octanol–water partition coefficient (Wildman–Crippen LogP) is 3.54. The Morgan fingerprint density at radius 1 is 1.16 bits per heavy atom. The van der Waals surface area contributed by atoms with Crippen molar-refractivity contribution in [3.63, 3.8) is 0 Å². The fourth-order valence-corrected chi connectivity index (χ4v) is 2.69. The molecule has 0 atom stereocenters. The van der Waals surface area contributed by atoms with Crippen molar-refractivity contribution in [1.82, 2.24) is 0 Å². The molecule has 2 amide bonds. The van der Waals surface area contributed by atoms with E-state index in [1.165, 1.54) is 6.26 Å². The van der Waals surface area contributed by atoms with Crippen LogP contribution in [-0.2, 0) is 4.79 Å². The number of hydrogen-bond acceptors (Lipinski definition) is 4. The Morgan fingerprint density at radius 3 is 2.40 bits per heavy atom. The minimum absolute atomic E-state index is 0.0771. The molecule has 6 nitrogen and oxygen atoms in total. The molecule has 1 aromatic carbocycles. The van der Waals surface area contributed by atoms with Crippen LogP contribution in [0.5, 0.6) is 0 Å². The highest BCUT2D eigenvalue weighted by Crippen LogP contribution is 2.28. The molecule has 0 aliphatic rings. The molecule has 0 aliphatic carbocycles. The standard InChI is InChI=1S/C19H25N3O3/c1-4-19(5-2,12-20)18(24)21-14-8-9-15(13(3)11-14)22-17(23)16-7-6-10-25-16/h6-11H,4-5,12,20H2,1-3H3,(H,21,24)(H,22,23). The van der Waals surface area contributed by atoms with E-state index < -0.39 is 5.41 Å². The molecule has 1 aromatic heterocycles. The number of furan rings is 1. The van der Waals surface area contributed by atoms with Gasteiger partial charge in [-0.1, -0.05) is 13.8 Å². The second kappa shape index (κ2) is 7.98. The monoisotopic (exact) mass is 343 g/mol. The number of benzene rings is 1. The number of nitrogens with one attached hydrogen (secondary N) is 2. The van der Waals surface area contributed by atoms with Crippen molar-refractivity contribution >= 4 is 23.2 Å². The van der Waals surface area contributed by atoms with Crippen LogP contribution in [0, 0.1) is 12.3 Å². The maximum atomic E-state index is 12.6. The smallest absolute Gasteiger partial charge is 0.291 e. The van der Waals surface area contributed by atoms with Crippen LogP contribution >= 0.6 is 0 Å². The van der Waals surface area contributed by atoms with E-state index in [0.717, 1.165) is 5.56 Å². The third kappa shape index (κ3) is 4.09. The molecule has 0 fully saturated rings. The highest BCUT2D eigenvalue weighted by molar-refractivity contribution is 6.03. The molecule has 0 unspecified atom stereocenters. The quantitative estimate of drug-likeness (QED) is 0.716. The maximum Gasteiger partial charge on any atom is 0.291 e. The number of carbonyl (C=O) groups excluding carboxylic acids is 2. The Hall–Kier alpha value is -2.60. The Balaban J connectivity index is 2.11. The predicted molar refractivity (Wildman–Crippen MR) is 98.5 cm³/mol. The van der Waals surface area contributed by atoms with Crippen molar-refractivity contribution in [1.29, 1.82) is 0 Å². The maximum absolute atomic E-state index is 12.6. The number of anilines is 2. The largest absolute Gasteiger partial charge is 0.459 e. The van der Waals surface area contributed by atoms with E-state index in [1.54, 1.807) is 24.3 Å². The summed E-state index contributed by atoms with van der Waals surface area (Å²) in [5.74, 6) is -0.147. The zero-order chi connectivity index (χ0) is 18.4. The lowest BCUT2D eigenvalue weighted by Gasteiger charge is -2.28. The molecule has 0 saturated carbocycles. The molecule has 6 heteroatoms. The fraction of sp³-hybridized carbons (Fsp3) is 0.368. The van der Waals surface area contributed by atoms with Crippen LogP contribution in [0.25, 0.3) is 0 Å². The normalized spacial score (nSPS) is 11.2. The molecule has 134 valence electrons. The topological polar surface area (TPSA) is 97.4 Å². The van der Waals surface area contributed by atoms with Gasteiger partial charge in [-0.2, -0.15) is 0 Å². The minimum atomic E-state index is -0.555. The second-order valence-corrected chi connectivity index (χ2v) is 6.11. The lowest BCUT2D eigenvalue weighted by molar-refractivity contribution is -0.125. The highest BCUT2D eigenvalue weighted by Gasteiger charge is 2.33. The average molecular weight is 343 g/mol. The van der Waals surface area contributed by atoms with Gasteiger partial charge in [-0.3, -0.25) is 9.59 Å². The van der Waals surface area contributed by atoms with E-state index in [4.69, 9.17) is 10.2 Å². The van der Waals surface area contributed by atoms with Crippen LogP contribution in [0.3, 0.4) is 0 Å². The van der Waals surface area contributed by atoms with Crippen LogP contribution in [-0.4, -0.2) is 18.4 Å². The molecular weight excluding hydrogens is 318 g/mol. The molecule has 1 heterocycles. The van der Waals surface area contributed by atoms with Gasteiger partial charge in [0.05, 0.1) is 11.7 Å². The molecule has 2 rings (SSSR count). The number of amides is 2. The van der Waals surface area contributed by atoms with E-state index in [2.05, 4.69) is 10.6 Å². The first-order valence-corrected chi connectivity index (χ1v) is 8.42. The summed E-state index contributed by atoms with van der Waals surface area (Å²) in [6, 6.07) is 8.60. The van der Waals surface area contributed by atoms with Gasteiger partial charge >= 0.3 is 0 Å². The minimum Gasteiger partial charge on any atom is -0.459 e. The number of hydrogen-bond donors (Lipinski definition) is 3. The van der Waals surface area contributed by atoms with Gasteiger partial charge in [0.25, 0.3) is 5.91 Å². The Morgan fingerprint density at radius 2 is 1.88 bits per heavy atom. The highest BCUT2D eigenvalue weighted by atomic mass is 16.3. The van der Waals surface area contributed by atoms with Crippen LogP contribution in [0.1, 0.15) is 42.8 Å². The van der Waals surface area contributed by atoms with Crippen molar-refractivity contribution < 1.29 is 14.0 Å². The van der Waals surface area contributed by atoms with Crippen LogP contribution < -0.4 is 16.4 Å². The van der Waals surface area contributed by atoms with Crippen LogP contribution in [0.4, 0.5) is 11.4 Å². The van der Waals surface area contributed by atoms with E-state index >= 15 is 0 Å². The first kappa shape index (κ1) is 18.7. The summed E-state index contributed by atoms with van der Waals surface area (Å²) in [4.78, 5) is 24.6. The summed E-state index contributed by atoms with van der Waals surface area (Å²) in [5, 5.41) is 5.73. The average Bonchev–Trinajstić information content (AvgIpc) is 3.14. The van der Waals surface area contributed by atoms with Crippen molar-refractivity contribution in [2.45, 2.75) is 33.6 Å².